The molecule has 0 unspecified atom stereocenters. The number of aryl methyl sites for hydroxylation is 2. The molecule has 0 saturated carbocycles. The molecule has 6 heteroatoms. The maximum Gasteiger partial charge on any atom is 0.272 e. The summed E-state index contributed by atoms with van der Waals surface area (Å²) in [6.45, 7) is 8.19. The normalized spacial score (nSPS) is 14.1. The fourth-order valence-electron chi connectivity index (χ4n) is 4.61. The molecular formula is C30H32N4O2. The molecule has 1 saturated heterocycles. The van der Waals surface area contributed by atoms with Crippen LogP contribution in [0.3, 0.4) is 0 Å². The predicted molar refractivity (Wildman–Crippen MR) is 143 cm³/mol. The van der Waals surface area contributed by atoms with E-state index < -0.39 is 0 Å². The minimum Gasteiger partial charge on any atom is -0.497 e. The van der Waals surface area contributed by atoms with E-state index in [4.69, 9.17) is 9.84 Å². The van der Waals surface area contributed by atoms with Crippen LogP contribution in [0.15, 0.2) is 78.9 Å². The molecule has 184 valence electrons. The molecule has 6 nitrogen and oxygen atoms in total. The Balaban J connectivity index is 1.41. The molecule has 0 radical (unpaired) electrons. The lowest BCUT2D eigenvalue weighted by molar-refractivity contribution is 0.0619. The van der Waals surface area contributed by atoms with Gasteiger partial charge in [-0.1, -0.05) is 42.5 Å². The molecule has 0 spiro atoms. The van der Waals surface area contributed by atoms with Crippen molar-refractivity contribution >= 4 is 5.91 Å². The zero-order chi connectivity index (χ0) is 25.1. The van der Waals surface area contributed by atoms with Gasteiger partial charge in [-0.3, -0.25) is 9.69 Å². The number of carbonyl (C=O) groups excluding carboxylic acids is 1. The number of hydrogen-bond acceptors (Lipinski definition) is 4. The highest BCUT2D eigenvalue weighted by Crippen LogP contribution is 2.26. The van der Waals surface area contributed by atoms with E-state index >= 15 is 0 Å². The van der Waals surface area contributed by atoms with Crippen LogP contribution in [0.1, 0.15) is 27.2 Å². The lowest BCUT2D eigenvalue weighted by Gasteiger charge is -2.34. The summed E-state index contributed by atoms with van der Waals surface area (Å²) in [6, 6.07) is 26.4. The standard InChI is InChI=1S/C30H32N4O2/c1-22-9-10-25(19-23(22)2)28-20-29(34(31-28)26-11-13-27(36-3)14-12-26)30(35)33-17-15-32(16-18-33)21-24-7-5-4-6-8-24/h4-14,19-20H,15-18,21H2,1-3H3. The molecule has 1 aliphatic rings. The molecule has 0 bridgehead atoms. The highest BCUT2D eigenvalue weighted by Gasteiger charge is 2.26. The van der Waals surface area contributed by atoms with Crippen LogP contribution in [0, 0.1) is 13.8 Å². The van der Waals surface area contributed by atoms with Crippen LogP contribution in [0.25, 0.3) is 16.9 Å². The van der Waals surface area contributed by atoms with E-state index in [0.29, 0.717) is 18.8 Å². The Morgan fingerprint density at radius 1 is 0.861 bits per heavy atom. The first kappa shape index (κ1) is 23.8. The Kier molecular flexibility index (Phi) is 6.87. The van der Waals surface area contributed by atoms with E-state index in [0.717, 1.165) is 42.3 Å². The lowest BCUT2D eigenvalue weighted by atomic mass is 10.0. The molecule has 4 aromatic rings. The third kappa shape index (κ3) is 5.04. The van der Waals surface area contributed by atoms with Gasteiger partial charge in [0, 0.05) is 38.3 Å². The number of ether oxygens (including phenoxy) is 1. The Hall–Kier alpha value is -3.90. The zero-order valence-corrected chi connectivity index (χ0v) is 21.1. The number of methoxy groups -OCH3 is 1. The molecule has 3 aromatic carbocycles. The first-order valence-corrected chi connectivity index (χ1v) is 12.4. The summed E-state index contributed by atoms with van der Waals surface area (Å²) in [7, 11) is 1.65. The molecule has 36 heavy (non-hydrogen) atoms. The number of benzene rings is 3. The van der Waals surface area contributed by atoms with Crippen molar-refractivity contribution in [1.29, 1.82) is 0 Å². The van der Waals surface area contributed by atoms with Gasteiger partial charge >= 0.3 is 0 Å². The number of piperazine rings is 1. The summed E-state index contributed by atoms with van der Waals surface area (Å²) < 4.78 is 7.09. The van der Waals surface area contributed by atoms with Gasteiger partial charge in [0.25, 0.3) is 5.91 Å². The van der Waals surface area contributed by atoms with E-state index in [1.807, 2.05) is 41.3 Å². The van der Waals surface area contributed by atoms with Crippen LogP contribution in [0.2, 0.25) is 0 Å². The molecule has 0 aliphatic carbocycles. The Labute approximate surface area is 212 Å². The first-order valence-electron chi connectivity index (χ1n) is 12.4. The summed E-state index contributed by atoms with van der Waals surface area (Å²) in [5, 5.41) is 4.88. The van der Waals surface area contributed by atoms with Crippen LogP contribution in [0.4, 0.5) is 0 Å². The van der Waals surface area contributed by atoms with Crippen molar-refractivity contribution in [2.24, 2.45) is 0 Å². The number of rotatable bonds is 6. The van der Waals surface area contributed by atoms with Crippen LogP contribution in [0.5, 0.6) is 5.75 Å². The second kappa shape index (κ2) is 10.4. The molecule has 1 aliphatic heterocycles. The van der Waals surface area contributed by atoms with Crippen molar-refractivity contribution in [3.63, 3.8) is 0 Å². The largest absolute Gasteiger partial charge is 0.497 e. The molecule has 1 amide bonds. The average molecular weight is 481 g/mol. The van der Waals surface area contributed by atoms with Gasteiger partial charge in [0.2, 0.25) is 0 Å². The highest BCUT2D eigenvalue weighted by atomic mass is 16.5. The Morgan fingerprint density at radius 3 is 2.25 bits per heavy atom. The van der Waals surface area contributed by atoms with Gasteiger partial charge in [0.05, 0.1) is 18.5 Å². The summed E-state index contributed by atoms with van der Waals surface area (Å²) in [5.74, 6) is 0.774. The first-order chi connectivity index (χ1) is 17.5. The van der Waals surface area contributed by atoms with E-state index in [-0.39, 0.29) is 5.91 Å². The summed E-state index contributed by atoms with van der Waals surface area (Å²) in [4.78, 5) is 18.1. The van der Waals surface area contributed by atoms with Gasteiger partial charge in [0.1, 0.15) is 11.4 Å². The van der Waals surface area contributed by atoms with E-state index in [2.05, 4.69) is 61.2 Å². The predicted octanol–water partition coefficient (Wildman–Crippen LogP) is 5.12. The third-order valence-corrected chi connectivity index (χ3v) is 6.96. The fraction of sp³-hybridized carbons (Fsp3) is 0.267. The zero-order valence-electron chi connectivity index (χ0n) is 21.1. The fourth-order valence-corrected chi connectivity index (χ4v) is 4.61. The van der Waals surface area contributed by atoms with Crippen LogP contribution >= 0.6 is 0 Å². The van der Waals surface area contributed by atoms with Crippen molar-refractivity contribution in [1.82, 2.24) is 19.6 Å². The van der Waals surface area contributed by atoms with Gasteiger partial charge in [0.15, 0.2) is 0 Å². The van der Waals surface area contributed by atoms with Crippen molar-refractivity contribution in [3.8, 4) is 22.7 Å². The lowest BCUT2D eigenvalue weighted by Crippen LogP contribution is -2.48. The SMILES string of the molecule is COc1ccc(-n2nc(-c3ccc(C)c(C)c3)cc2C(=O)N2CCN(Cc3ccccc3)CC2)cc1. The van der Waals surface area contributed by atoms with Gasteiger partial charge in [-0.2, -0.15) is 5.10 Å². The van der Waals surface area contributed by atoms with Gasteiger partial charge < -0.3 is 9.64 Å². The number of aromatic nitrogens is 2. The molecule has 0 N–H and O–H groups in total. The van der Waals surface area contributed by atoms with Crippen molar-refractivity contribution in [3.05, 3.63) is 101 Å². The Bertz CT molecular complexity index is 1340. The van der Waals surface area contributed by atoms with Crippen LogP contribution < -0.4 is 4.74 Å². The topological polar surface area (TPSA) is 50.6 Å². The second-order valence-electron chi connectivity index (χ2n) is 9.38. The Morgan fingerprint density at radius 2 is 1.58 bits per heavy atom. The number of hydrogen-bond donors (Lipinski definition) is 0. The smallest absolute Gasteiger partial charge is 0.272 e. The summed E-state index contributed by atoms with van der Waals surface area (Å²) in [6.07, 6.45) is 0. The second-order valence-corrected chi connectivity index (χ2v) is 9.38. The van der Waals surface area contributed by atoms with E-state index in [9.17, 15) is 4.79 Å². The summed E-state index contributed by atoms with van der Waals surface area (Å²) >= 11 is 0. The van der Waals surface area contributed by atoms with Crippen LogP contribution in [-0.2, 0) is 6.54 Å². The molecule has 1 aromatic heterocycles. The van der Waals surface area contributed by atoms with E-state index in [1.165, 1.54) is 16.7 Å². The maximum absolute atomic E-state index is 13.8. The molecule has 2 heterocycles. The molecule has 1 fully saturated rings. The number of nitrogens with zero attached hydrogens (tertiary/aromatic N) is 4. The minimum atomic E-state index is 0.00719. The third-order valence-electron chi connectivity index (χ3n) is 6.96. The molecular weight excluding hydrogens is 448 g/mol. The van der Waals surface area contributed by atoms with Crippen molar-refractivity contribution in [2.75, 3.05) is 33.3 Å². The highest BCUT2D eigenvalue weighted by molar-refractivity contribution is 5.94. The van der Waals surface area contributed by atoms with Crippen LogP contribution in [-0.4, -0.2) is 58.8 Å². The molecule has 0 atom stereocenters. The number of carbonyl (C=O) groups is 1. The minimum absolute atomic E-state index is 0.00719. The maximum atomic E-state index is 13.8. The monoisotopic (exact) mass is 480 g/mol. The number of amides is 1. The average Bonchev–Trinajstić information content (AvgIpc) is 3.36. The summed E-state index contributed by atoms with van der Waals surface area (Å²) in [5.41, 5.74) is 6.94. The molecule has 5 rings (SSSR count). The van der Waals surface area contributed by atoms with Crippen molar-refractivity contribution < 1.29 is 9.53 Å². The van der Waals surface area contributed by atoms with Gasteiger partial charge in [-0.25, -0.2) is 4.68 Å². The van der Waals surface area contributed by atoms with Gasteiger partial charge in [-0.15, -0.1) is 0 Å². The van der Waals surface area contributed by atoms with Gasteiger partial charge in [-0.05, 0) is 66.9 Å². The quantitative estimate of drug-likeness (QED) is 0.384. The van der Waals surface area contributed by atoms with E-state index in [1.54, 1.807) is 11.8 Å². The van der Waals surface area contributed by atoms with Crippen molar-refractivity contribution in [2.45, 2.75) is 20.4 Å².